The molecule has 0 saturated heterocycles. The van der Waals surface area contributed by atoms with Crippen LogP contribution in [0.2, 0.25) is 5.02 Å². The smallest absolute Gasteiger partial charge is 0.337 e. The average Bonchev–Trinajstić information content (AvgIpc) is 2.40. The lowest BCUT2D eigenvalue weighted by Crippen LogP contribution is -2.05. The first-order chi connectivity index (χ1) is 9.41. The van der Waals surface area contributed by atoms with Gasteiger partial charge in [-0.15, -0.1) is 0 Å². The van der Waals surface area contributed by atoms with E-state index in [9.17, 15) is 13.2 Å². The molecule has 0 spiro atoms. The highest BCUT2D eigenvalue weighted by Crippen LogP contribution is 2.34. The Hall–Kier alpha value is -2.33. The second kappa shape index (κ2) is 5.35. The number of nitriles is 1. The first-order valence-electron chi connectivity index (χ1n) is 5.26. The first-order valence-corrected chi connectivity index (χ1v) is 5.64. The third-order valence-electron chi connectivity index (χ3n) is 2.35. The number of anilines is 2. The van der Waals surface area contributed by atoms with E-state index in [1.165, 1.54) is 18.5 Å². The summed E-state index contributed by atoms with van der Waals surface area (Å²) in [5.74, 6) is 0.122. The van der Waals surface area contributed by atoms with Gasteiger partial charge in [0.1, 0.15) is 6.07 Å². The zero-order chi connectivity index (χ0) is 14.8. The molecule has 0 bridgehead atoms. The number of alkyl halides is 3. The lowest BCUT2D eigenvalue weighted by Gasteiger charge is -2.11. The Morgan fingerprint density at radius 1 is 1.20 bits per heavy atom. The summed E-state index contributed by atoms with van der Waals surface area (Å²) in [6, 6.07) is 4.66. The van der Waals surface area contributed by atoms with Crippen LogP contribution in [0.15, 0.2) is 30.6 Å². The van der Waals surface area contributed by atoms with Gasteiger partial charge in [-0.3, -0.25) is 0 Å². The maximum absolute atomic E-state index is 12.5. The van der Waals surface area contributed by atoms with Crippen molar-refractivity contribution < 1.29 is 13.2 Å². The van der Waals surface area contributed by atoms with Crippen molar-refractivity contribution in [1.29, 1.82) is 5.26 Å². The number of halogens is 4. The third kappa shape index (κ3) is 2.97. The minimum absolute atomic E-state index is 0.0171. The molecule has 4 nitrogen and oxygen atoms in total. The molecule has 0 aliphatic carbocycles. The zero-order valence-corrected chi connectivity index (χ0v) is 10.5. The predicted octanol–water partition coefficient (Wildman–Crippen LogP) is 3.76. The molecule has 0 fully saturated rings. The van der Waals surface area contributed by atoms with Crippen molar-refractivity contribution >= 4 is 23.1 Å². The van der Waals surface area contributed by atoms with Crippen LogP contribution in [-0.2, 0) is 6.18 Å². The Labute approximate surface area is 116 Å². The number of nitrogens with zero attached hydrogens (tertiary/aromatic N) is 3. The molecule has 0 aliphatic rings. The second-order valence-electron chi connectivity index (χ2n) is 3.68. The molecule has 20 heavy (non-hydrogen) atoms. The molecule has 0 radical (unpaired) electrons. The van der Waals surface area contributed by atoms with E-state index in [0.29, 0.717) is 0 Å². The van der Waals surface area contributed by atoms with Crippen LogP contribution >= 0.6 is 11.6 Å². The summed E-state index contributed by atoms with van der Waals surface area (Å²) in [4.78, 5) is 7.65. The van der Waals surface area contributed by atoms with Crippen LogP contribution in [0.4, 0.5) is 24.7 Å². The second-order valence-corrected chi connectivity index (χ2v) is 4.09. The number of aromatic nitrogens is 2. The maximum Gasteiger partial charge on any atom is 0.416 e. The topological polar surface area (TPSA) is 61.6 Å². The summed E-state index contributed by atoms with van der Waals surface area (Å²) < 4.78 is 37.5. The van der Waals surface area contributed by atoms with Gasteiger partial charge in [0, 0.05) is 12.4 Å². The third-order valence-corrected chi connectivity index (χ3v) is 2.67. The lowest BCUT2D eigenvalue weighted by atomic mass is 10.2. The zero-order valence-electron chi connectivity index (χ0n) is 9.74. The van der Waals surface area contributed by atoms with Crippen LogP contribution in [0.5, 0.6) is 0 Å². The van der Waals surface area contributed by atoms with Gasteiger partial charge in [-0.1, -0.05) is 11.6 Å². The van der Waals surface area contributed by atoms with E-state index in [4.69, 9.17) is 16.9 Å². The van der Waals surface area contributed by atoms with Crippen molar-refractivity contribution in [3.05, 3.63) is 46.9 Å². The Morgan fingerprint density at radius 2 is 1.90 bits per heavy atom. The van der Waals surface area contributed by atoms with Crippen LogP contribution in [0.3, 0.4) is 0 Å². The van der Waals surface area contributed by atoms with Gasteiger partial charge in [0.25, 0.3) is 0 Å². The molecule has 1 N–H and O–H groups in total. The number of nitrogens with one attached hydrogen (secondary N) is 1. The fraction of sp³-hybridized carbons (Fsp3) is 0.0833. The first kappa shape index (κ1) is 14.1. The molecule has 0 unspecified atom stereocenters. The molecule has 1 heterocycles. The summed E-state index contributed by atoms with van der Waals surface area (Å²) in [5.41, 5.74) is -0.632. The fourth-order valence-corrected chi connectivity index (χ4v) is 1.66. The quantitative estimate of drug-likeness (QED) is 0.917. The van der Waals surface area contributed by atoms with Crippen molar-refractivity contribution in [2.24, 2.45) is 0 Å². The van der Waals surface area contributed by atoms with Crippen molar-refractivity contribution in [1.82, 2.24) is 9.97 Å². The van der Waals surface area contributed by atoms with Crippen molar-refractivity contribution in [3.8, 4) is 6.07 Å². The van der Waals surface area contributed by atoms with E-state index in [0.717, 1.165) is 12.1 Å². The number of rotatable bonds is 2. The van der Waals surface area contributed by atoms with Gasteiger partial charge in [0.15, 0.2) is 11.5 Å². The van der Waals surface area contributed by atoms with Gasteiger partial charge in [-0.05, 0) is 18.2 Å². The van der Waals surface area contributed by atoms with Crippen molar-refractivity contribution in [2.45, 2.75) is 6.18 Å². The highest BCUT2D eigenvalue weighted by Gasteiger charge is 2.30. The van der Waals surface area contributed by atoms with E-state index >= 15 is 0 Å². The molecule has 0 amide bonds. The molecule has 8 heteroatoms. The summed E-state index contributed by atoms with van der Waals surface area (Å²) >= 11 is 5.79. The van der Waals surface area contributed by atoms with E-state index in [1.807, 2.05) is 6.07 Å². The molecule has 0 saturated carbocycles. The predicted molar refractivity (Wildman–Crippen MR) is 66.5 cm³/mol. The summed E-state index contributed by atoms with van der Waals surface area (Å²) in [7, 11) is 0. The highest BCUT2D eigenvalue weighted by molar-refractivity contribution is 6.33. The SMILES string of the molecule is N#Cc1nccnc1Nc1ccc(C(F)(F)F)cc1Cl. The number of hydrogen-bond acceptors (Lipinski definition) is 4. The van der Waals surface area contributed by atoms with Crippen molar-refractivity contribution in [2.75, 3.05) is 5.32 Å². The Morgan fingerprint density at radius 3 is 2.50 bits per heavy atom. The van der Waals surface area contributed by atoms with E-state index < -0.39 is 11.7 Å². The van der Waals surface area contributed by atoms with Gasteiger partial charge >= 0.3 is 6.18 Å². The van der Waals surface area contributed by atoms with Gasteiger partial charge in [-0.2, -0.15) is 18.4 Å². The summed E-state index contributed by atoms with van der Waals surface area (Å²) in [6.07, 6.45) is -1.79. The molecule has 2 aromatic rings. The molecule has 1 aromatic heterocycles. The average molecular weight is 299 g/mol. The van der Waals surface area contributed by atoms with E-state index in [1.54, 1.807) is 0 Å². The van der Waals surface area contributed by atoms with Gasteiger partial charge < -0.3 is 5.32 Å². The van der Waals surface area contributed by atoms with Crippen LogP contribution in [0.25, 0.3) is 0 Å². The molecule has 1 aromatic carbocycles. The summed E-state index contributed by atoms with van der Waals surface area (Å²) in [5, 5.41) is 11.4. The summed E-state index contributed by atoms with van der Waals surface area (Å²) in [6.45, 7) is 0. The fourth-order valence-electron chi connectivity index (χ4n) is 1.43. The molecular weight excluding hydrogens is 293 g/mol. The minimum atomic E-state index is -4.47. The molecular formula is C12H6ClF3N4. The van der Waals surface area contributed by atoms with Gasteiger partial charge in [0.05, 0.1) is 16.3 Å². The Kier molecular flexibility index (Phi) is 3.77. The van der Waals surface area contributed by atoms with Crippen molar-refractivity contribution in [3.63, 3.8) is 0 Å². The van der Waals surface area contributed by atoms with Crippen LogP contribution < -0.4 is 5.32 Å². The number of benzene rings is 1. The Bertz CT molecular complexity index is 679. The highest BCUT2D eigenvalue weighted by atomic mass is 35.5. The molecule has 102 valence electrons. The number of hydrogen-bond donors (Lipinski definition) is 1. The molecule has 2 rings (SSSR count). The van der Waals surface area contributed by atoms with Crippen LogP contribution in [-0.4, -0.2) is 9.97 Å². The van der Waals surface area contributed by atoms with Crippen LogP contribution in [0, 0.1) is 11.3 Å². The van der Waals surface area contributed by atoms with E-state index in [-0.39, 0.29) is 22.2 Å². The molecule has 0 aliphatic heterocycles. The largest absolute Gasteiger partial charge is 0.416 e. The van der Waals surface area contributed by atoms with Crippen LogP contribution in [0.1, 0.15) is 11.3 Å². The van der Waals surface area contributed by atoms with E-state index in [2.05, 4.69) is 15.3 Å². The van der Waals surface area contributed by atoms with Gasteiger partial charge in [-0.25, -0.2) is 9.97 Å². The molecule has 0 atom stereocenters. The standard InChI is InChI=1S/C12H6ClF3N4/c13-8-5-7(12(14,15)16)1-2-9(8)20-11-10(6-17)18-3-4-19-11/h1-5H,(H,19,20). The normalized spacial score (nSPS) is 10.9. The Balaban J connectivity index is 2.34. The maximum atomic E-state index is 12.5. The lowest BCUT2D eigenvalue weighted by molar-refractivity contribution is -0.137. The monoisotopic (exact) mass is 298 g/mol. The minimum Gasteiger partial charge on any atom is -0.337 e. The van der Waals surface area contributed by atoms with Gasteiger partial charge in [0.2, 0.25) is 0 Å².